The van der Waals surface area contributed by atoms with Gasteiger partial charge in [-0.05, 0) is 17.7 Å². The highest BCUT2D eigenvalue weighted by molar-refractivity contribution is 8.23. The van der Waals surface area contributed by atoms with Crippen LogP contribution in [0.4, 0.5) is 4.79 Å². The number of amides is 2. The Labute approximate surface area is 120 Å². The van der Waals surface area contributed by atoms with E-state index in [1.807, 2.05) is 0 Å². The molecule has 1 saturated heterocycles. The molecule has 7 heteroatoms. The predicted octanol–water partition coefficient (Wildman–Crippen LogP) is 1.93. The minimum absolute atomic E-state index is 0.104. The molecule has 5 nitrogen and oxygen atoms in total. The zero-order chi connectivity index (χ0) is 13.8. The van der Waals surface area contributed by atoms with Crippen LogP contribution in [0.15, 0.2) is 24.3 Å². The minimum Gasteiger partial charge on any atom is -0.465 e. The van der Waals surface area contributed by atoms with Gasteiger partial charge in [-0.2, -0.15) is 0 Å². The van der Waals surface area contributed by atoms with Gasteiger partial charge in [-0.25, -0.2) is 4.79 Å². The number of carbonyl (C=O) groups excluding carboxylic acids is 1. The Hall–Kier alpha value is -1.60. The molecule has 1 fully saturated rings. The molecule has 0 unspecified atom stereocenters. The van der Waals surface area contributed by atoms with Gasteiger partial charge in [0.25, 0.3) is 5.91 Å². The molecule has 1 aliphatic heterocycles. The van der Waals surface area contributed by atoms with E-state index in [4.69, 9.17) is 17.3 Å². The standard InChI is InChI=1S/C12H12N2O3S2/c15-10(14-5-6-19-12(14)18)9-3-1-8(2-4-9)7-13-11(16)17/h1-4,13H,5-7H2,(H,16,17). The largest absolute Gasteiger partial charge is 0.465 e. The summed E-state index contributed by atoms with van der Waals surface area (Å²) in [5.41, 5.74) is 1.36. The number of hydrogen-bond donors (Lipinski definition) is 2. The second-order valence-corrected chi connectivity index (χ2v) is 5.66. The highest BCUT2D eigenvalue weighted by atomic mass is 32.2. The molecule has 2 N–H and O–H groups in total. The molecule has 2 amide bonds. The van der Waals surface area contributed by atoms with Crippen LogP contribution in [0.5, 0.6) is 0 Å². The van der Waals surface area contributed by atoms with Crippen LogP contribution >= 0.6 is 24.0 Å². The summed E-state index contributed by atoms with van der Waals surface area (Å²) in [5, 5.41) is 10.8. The van der Waals surface area contributed by atoms with Gasteiger partial charge in [0.1, 0.15) is 4.32 Å². The smallest absolute Gasteiger partial charge is 0.404 e. The van der Waals surface area contributed by atoms with E-state index in [1.165, 1.54) is 11.8 Å². The molecular formula is C12H12N2O3S2. The average molecular weight is 296 g/mol. The van der Waals surface area contributed by atoms with Crippen molar-refractivity contribution >= 4 is 40.3 Å². The minimum atomic E-state index is -1.07. The molecule has 1 heterocycles. The van der Waals surface area contributed by atoms with Crippen molar-refractivity contribution in [2.75, 3.05) is 12.3 Å². The van der Waals surface area contributed by atoms with Crippen molar-refractivity contribution in [3.63, 3.8) is 0 Å². The topological polar surface area (TPSA) is 69.6 Å². The molecule has 0 saturated carbocycles. The fraction of sp³-hybridized carbons (Fsp3) is 0.250. The van der Waals surface area contributed by atoms with Crippen LogP contribution in [0, 0.1) is 0 Å². The van der Waals surface area contributed by atoms with Crippen LogP contribution in [0.25, 0.3) is 0 Å². The van der Waals surface area contributed by atoms with Crippen molar-refractivity contribution < 1.29 is 14.7 Å². The Bertz CT molecular complexity index is 516. The molecule has 1 aromatic rings. The Morgan fingerprint density at radius 3 is 2.58 bits per heavy atom. The Morgan fingerprint density at radius 2 is 2.05 bits per heavy atom. The summed E-state index contributed by atoms with van der Waals surface area (Å²) in [6.45, 7) is 0.867. The Kier molecular flexibility index (Phi) is 4.39. The molecule has 0 spiro atoms. The number of hydrogen-bond acceptors (Lipinski definition) is 4. The van der Waals surface area contributed by atoms with E-state index in [-0.39, 0.29) is 12.5 Å². The van der Waals surface area contributed by atoms with Gasteiger partial charge in [0.05, 0.1) is 0 Å². The van der Waals surface area contributed by atoms with Crippen molar-refractivity contribution in [1.82, 2.24) is 10.2 Å². The maximum Gasteiger partial charge on any atom is 0.404 e. The first-order valence-electron chi connectivity index (χ1n) is 5.62. The first-order chi connectivity index (χ1) is 9.08. The van der Waals surface area contributed by atoms with Gasteiger partial charge < -0.3 is 10.4 Å². The lowest BCUT2D eigenvalue weighted by atomic mass is 10.1. The third kappa shape index (κ3) is 3.45. The number of nitrogens with zero attached hydrogens (tertiary/aromatic N) is 1. The fourth-order valence-electron chi connectivity index (χ4n) is 1.68. The zero-order valence-corrected chi connectivity index (χ0v) is 11.6. The molecule has 0 aromatic heterocycles. The second kappa shape index (κ2) is 6.03. The van der Waals surface area contributed by atoms with Crippen LogP contribution in [-0.4, -0.2) is 38.6 Å². The number of thioether (sulfide) groups is 1. The van der Waals surface area contributed by atoms with Crippen LogP contribution < -0.4 is 5.32 Å². The van der Waals surface area contributed by atoms with E-state index in [0.717, 1.165) is 11.3 Å². The average Bonchev–Trinajstić information content (AvgIpc) is 2.82. The second-order valence-electron chi connectivity index (χ2n) is 3.93. The normalized spacial score (nSPS) is 14.5. The molecule has 0 radical (unpaired) electrons. The van der Waals surface area contributed by atoms with Gasteiger partial charge in [-0.1, -0.05) is 36.1 Å². The van der Waals surface area contributed by atoms with Crippen molar-refractivity contribution in [2.45, 2.75) is 6.54 Å². The summed E-state index contributed by atoms with van der Waals surface area (Å²) >= 11 is 6.61. The van der Waals surface area contributed by atoms with Crippen LogP contribution in [0.1, 0.15) is 15.9 Å². The Balaban J connectivity index is 2.03. The monoisotopic (exact) mass is 296 g/mol. The summed E-state index contributed by atoms with van der Waals surface area (Å²) in [7, 11) is 0. The van der Waals surface area contributed by atoms with Crippen LogP contribution in [0.3, 0.4) is 0 Å². The third-order valence-corrected chi connectivity index (χ3v) is 4.08. The van der Waals surface area contributed by atoms with Crippen molar-refractivity contribution in [2.24, 2.45) is 0 Å². The van der Waals surface area contributed by atoms with Crippen LogP contribution in [-0.2, 0) is 6.54 Å². The highest BCUT2D eigenvalue weighted by Gasteiger charge is 2.24. The Morgan fingerprint density at radius 1 is 1.37 bits per heavy atom. The number of thiocarbonyl (C=S) groups is 1. The number of carbonyl (C=O) groups is 2. The van der Waals surface area contributed by atoms with Crippen molar-refractivity contribution in [1.29, 1.82) is 0 Å². The van der Waals surface area contributed by atoms with E-state index in [9.17, 15) is 9.59 Å². The summed E-state index contributed by atoms with van der Waals surface area (Å²) in [4.78, 5) is 24.1. The van der Waals surface area contributed by atoms with Gasteiger partial charge in [-0.3, -0.25) is 9.69 Å². The summed E-state index contributed by atoms with van der Waals surface area (Å²) in [6.07, 6.45) is -1.07. The van der Waals surface area contributed by atoms with Crippen molar-refractivity contribution in [3.05, 3.63) is 35.4 Å². The molecule has 0 aliphatic carbocycles. The van der Waals surface area contributed by atoms with Gasteiger partial charge in [0.2, 0.25) is 0 Å². The number of carboxylic acid groups (broad SMARTS) is 1. The summed E-state index contributed by atoms with van der Waals surface area (Å²) < 4.78 is 0.613. The molecule has 0 bridgehead atoms. The number of benzene rings is 1. The highest BCUT2D eigenvalue weighted by Crippen LogP contribution is 2.20. The van der Waals surface area contributed by atoms with Gasteiger partial charge in [-0.15, -0.1) is 0 Å². The molecule has 1 aromatic carbocycles. The first-order valence-corrected chi connectivity index (χ1v) is 7.01. The molecular weight excluding hydrogens is 284 g/mol. The van der Waals surface area contributed by atoms with E-state index in [2.05, 4.69) is 5.32 Å². The zero-order valence-electron chi connectivity index (χ0n) is 9.96. The molecule has 2 rings (SSSR count). The maximum atomic E-state index is 12.2. The lowest BCUT2D eigenvalue weighted by Gasteiger charge is -2.14. The quantitative estimate of drug-likeness (QED) is 0.834. The van der Waals surface area contributed by atoms with E-state index >= 15 is 0 Å². The van der Waals surface area contributed by atoms with Crippen LogP contribution in [0.2, 0.25) is 0 Å². The van der Waals surface area contributed by atoms with E-state index in [1.54, 1.807) is 29.2 Å². The molecule has 19 heavy (non-hydrogen) atoms. The first kappa shape index (κ1) is 13.8. The predicted molar refractivity (Wildman–Crippen MR) is 77.4 cm³/mol. The molecule has 0 atom stereocenters. The van der Waals surface area contributed by atoms with Gasteiger partial charge in [0.15, 0.2) is 0 Å². The SMILES string of the molecule is O=C(O)NCc1ccc(C(=O)N2CCSC2=S)cc1. The van der Waals surface area contributed by atoms with Gasteiger partial charge in [0, 0.05) is 24.4 Å². The molecule has 100 valence electrons. The number of rotatable bonds is 3. The fourth-order valence-corrected chi connectivity index (χ4v) is 2.88. The van der Waals surface area contributed by atoms with E-state index in [0.29, 0.717) is 16.4 Å². The maximum absolute atomic E-state index is 12.2. The van der Waals surface area contributed by atoms with E-state index < -0.39 is 6.09 Å². The number of nitrogens with one attached hydrogen (secondary N) is 1. The lowest BCUT2D eigenvalue weighted by Crippen LogP contribution is -2.30. The third-order valence-electron chi connectivity index (χ3n) is 2.65. The summed E-state index contributed by atoms with van der Waals surface area (Å²) in [5.74, 6) is 0.735. The lowest BCUT2D eigenvalue weighted by molar-refractivity contribution is 0.0861. The molecule has 1 aliphatic rings. The van der Waals surface area contributed by atoms with Gasteiger partial charge >= 0.3 is 6.09 Å². The van der Waals surface area contributed by atoms with Crippen molar-refractivity contribution in [3.8, 4) is 0 Å². The summed E-state index contributed by atoms with van der Waals surface area (Å²) in [6, 6.07) is 6.84.